The highest BCUT2D eigenvalue weighted by Crippen LogP contribution is 2.14. The molecule has 0 bridgehead atoms. The number of amides is 1. The van der Waals surface area contributed by atoms with Gasteiger partial charge in [0, 0.05) is 26.2 Å². The summed E-state index contributed by atoms with van der Waals surface area (Å²) in [7, 11) is 0. The number of aromatic nitrogens is 1. The SMILES string of the molecule is CCC(C)C(N)C(=O)N1CCN(Cc2nc(C)c(C)o2)CC1.Cl. The first-order valence-electron chi connectivity index (χ1n) is 8.12. The molecule has 132 valence electrons. The molecule has 1 fully saturated rings. The molecule has 1 aliphatic heterocycles. The number of halogens is 1. The van der Waals surface area contributed by atoms with Crippen LogP contribution in [0.2, 0.25) is 0 Å². The first-order valence-corrected chi connectivity index (χ1v) is 8.12. The maximum absolute atomic E-state index is 12.4. The van der Waals surface area contributed by atoms with Crippen molar-refractivity contribution in [2.24, 2.45) is 11.7 Å². The van der Waals surface area contributed by atoms with Crippen LogP contribution < -0.4 is 5.73 Å². The van der Waals surface area contributed by atoms with Crippen molar-refractivity contribution >= 4 is 18.3 Å². The molecule has 1 aromatic heterocycles. The number of oxazole rings is 1. The van der Waals surface area contributed by atoms with Gasteiger partial charge in [0.2, 0.25) is 11.8 Å². The minimum absolute atomic E-state index is 0. The van der Waals surface area contributed by atoms with Gasteiger partial charge in [-0.15, -0.1) is 12.4 Å². The zero-order chi connectivity index (χ0) is 16.3. The van der Waals surface area contributed by atoms with Gasteiger partial charge in [-0.2, -0.15) is 0 Å². The number of carbonyl (C=O) groups is 1. The number of nitrogens with two attached hydrogens (primary N) is 1. The lowest BCUT2D eigenvalue weighted by atomic mass is 9.98. The number of hydrogen-bond donors (Lipinski definition) is 1. The predicted molar refractivity (Wildman–Crippen MR) is 92.5 cm³/mol. The van der Waals surface area contributed by atoms with E-state index in [0.29, 0.717) is 6.54 Å². The average Bonchev–Trinajstić information content (AvgIpc) is 2.83. The molecular weight excluding hydrogens is 316 g/mol. The Kier molecular flexibility index (Phi) is 7.51. The van der Waals surface area contributed by atoms with E-state index in [-0.39, 0.29) is 30.3 Å². The monoisotopic (exact) mass is 344 g/mol. The number of aryl methyl sites for hydroxylation is 2. The summed E-state index contributed by atoms with van der Waals surface area (Å²) < 4.78 is 5.62. The fraction of sp³-hybridized carbons (Fsp3) is 0.750. The standard InChI is InChI=1S/C16H28N4O2.ClH/c1-5-11(2)15(17)16(21)20-8-6-19(7-9-20)10-14-18-12(3)13(4)22-14;/h11,15H,5-10,17H2,1-4H3;1H. The third-order valence-electron chi connectivity index (χ3n) is 4.66. The summed E-state index contributed by atoms with van der Waals surface area (Å²) in [4.78, 5) is 20.9. The third-order valence-corrected chi connectivity index (χ3v) is 4.66. The summed E-state index contributed by atoms with van der Waals surface area (Å²) in [6.07, 6.45) is 0.926. The van der Waals surface area contributed by atoms with Crippen molar-refractivity contribution in [3.63, 3.8) is 0 Å². The van der Waals surface area contributed by atoms with Crippen LogP contribution in [0.5, 0.6) is 0 Å². The predicted octanol–water partition coefficient (Wildman–Crippen LogP) is 1.73. The van der Waals surface area contributed by atoms with E-state index < -0.39 is 0 Å². The number of rotatable bonds is 5. The molecule has 0 saturated carbocycles. The van der Waals surface area contributed by atoms with Crippen LogP contribution in [0, 0.1) is 19.8 Å². The van der Waals surface area contributed by atoms with Crippen LogP contribution in [0.25, 0.3) is 0 Å². The Labute approximate surface area is 144 Å². The van der Waals surface area contributed by atoms with E-state index in [4.69, 9.17) is 10.2 Å². The van der Waals surface area contributed by atoms with E-state index in [2.05, 4.69) is 16.8 Å². The van der Waals surface area contributed by atoms with Gasteiger partial charge in [0.25, 0.3) is 0 Å². The van der Waals surface area contributed by atoms with Crippen LogP contribution in [0.4, 0.5) is 0 Å². The highest BCUT2D eigenvalue weighted by atomic mass is 35.5. The molecule has 0 aromatic carbocycles. The van der Waals surface area contributed by atoms with Crippen molar-refractivity contribution in [1.82, 2.24) is 14.8 Å². The van der Waals surface area contributed by atoms with Gasteiger partial charge in [-0.3, -0.25) is 9.69 Å². The molecule has 6 nitrogen and oxygen atoms in total. The number of nitrogens with zero attached hydrogens (tertiary/aromatic N) is 3. The molecule has 1 aromatic rings. The highest BCUT2D eigenvalue weighted by Gasteiger charge is 2.28. The van der Waals surface area contributed by atoms with Gasteiger partial charge >= 0.3 is 0 Å². The molecule has 0 radical (unpaired) electrons. The van der Waals surface area contributed by atoms with Gasteiger partial charge in [-0.05, 0) is 19.8 Å². The van der Waals surface area contributed by atoms with Crippen molar-refractivity contribution in [2.75, 3.05) is 26.2 Å². The minimum Gasteiger partial charge on any atom is -0.444 e. The van der Waals surface area contributed by atoms with Gasteiger partial charge in [-0.1, -0.05) is 20.3 Å². The lowest BCUT2D eigenvalue weighted by molar-refractivity contribution is -0.135. The molecule has 1 aliphatic rings. The van der Waals surface area contributed by atoms with E-state index >= 15 is 0 Å². The fourth-order valence-corrected chi connectivity index (χ4v) is 2.63. The van der Waals surface area contributed by atoms with Crippen molar-refractivity contribution < 1.29 is 9.21 Å². The largest absolute Gasteiger partial charge is 0.444 e. The molecule has 1 amide bonds. The Morgan fingerprint density at radius 3 is 2.39 bits per heavy atom. The maximum Gasteiger partial charge on any atom is 0.239 e. The van der Waals surface area contributed by atoms with Gasteiger partial charge in [-0.25, -0.2) is 4.98 Å². The quantitative estimate of drug-likeness (QED) is 0.880. The molecule has 2 unspecified atom stereocenters. The zero-order valence-electron chi connectivity index (χ0n) is 14.5. The molecule has 23 heavy (non-hydrogen) atoms. The fourth-order valence-electron chi connectivity index (χ4n) is 2.63. The summed E-state index contributed by atoms with van der Waals surface area (Å²) in [5, 5.41) is 0. The zero-order valence-corrected chi connectivity index (χ0v) is 15.4. The first kappa shape index (κ1) is 19.9. The normalized spacial score (nSPS) is 18.4. The Hall–Kier alpha value is -1.11. The number of piperazine rings is 1. The van der Waals surface area contributed by atoms with Crippen molar-refractivity contribution in [1.29, 1.82) is 0 Å². The number of carbonyl (C=O) groups excluding carboxylic acids is 1. The topological polar surface area (TPSA) is 75.6 Å². The summed E-state index contributed by atoms with van der Waals surface area (Å²) in [6, 6.07) is -0.381. The van der Waals surface area contributed by atoms with Crippen molar-refractivity contribution in [3.8, 4) is 0 Å². The molecule has 1 saturated heterocycles. The average molecular weight is 345 g/mol. The summed E-state index contributed by atoms with van der Waals surface area (Å²) >= 11 is 0. The van der Waals surface area contributed by atoms with Gasteiger partial charge in [0.05, 0.1) is 18.3 Å². The Morgan fingerprint density at radius 1 is 1.30 bits per heavy atom. The smallest absolute Gasteiger partial charge is 0.239 e. The summed E-state index contributed by atoms with van der Waals surface area (Å²) in [6.45, 7) is 11.8. The molecular formula is C16H29ClN4O2. The minimum atomic E-state index is -0.381. The van der Waals surface area contributed by atoms with E-state index in [1.165, 1.54) is 0 Å². The van der Waals surface area contributed by atoms with Gasteiger partial charge < -0.3 is 15.1 Å². The van der Waals surface area contributed by atoms with Crippen LogP contribution in [0.1, 0.15) is 37.6 Å². The van der Waals surface area contributed by atoms with E-state index in [0.717, 1.165) is 49.9 Å². The highest BCUT2D eigenvalue weighted by molar-refractivity contribution is 5.85. The Morgan fingerprint density at radius 2 is 1.91 bits per heavy atom. The van der Waals surface area contributed by atoms with Crippen LogP contribution in [0.15, 0.2) is 4.42 Å². The van der Waals surface area contributed by atoms with Crippen LogP contribution in [0.3, 0.4) is 0 Å². The Balaban J connectivity index is 0.00000264. The van der Waals surface area contributed by atoms with Crippen LogP contribution in [-0.2, 0) is 11.3 Å². The van der Waals surface area contributed by atoms with Gasteiger partial charge in [0.1, 0.15) is 5.76 Å². The second kappa shape index (κ2) is 8.66. The molecule has 0 aliphatic carbocycles. The third kappa shape index (κ3) is 4.93. The molecule has 0 spiro atoms. The van der Waals surface area contributed by atoms with Crippen molar-refractivity contribution in [2.45, 2.75) is 46.7 Å². The van der Waals surface area contributed by atoms with Crippen molar-refractivity contribution in [3.05, 3.63) is 17.3 Å². The summed E-state index contributed by atoms with van der Waals surface area (Å²) in [5.74, 6) is 1.94. The lowest BCUT2D eigenvalue weighted by Crippen LogP contribution is -2.54. The molecule has 2 N–H and O–H groups in total. The molecule has 2 heterocycles. The Bertz CT molecular complexity index is 493. The second-order valence-electron chi connectivity index (χ2n) is 6.26. The molecule has 7 heteroatoms. The maximum atomic E-state index is 12.4. The van der Waals surface area contributed by atoms with E-state index in [1.54, 1.807) is 0 Å². The number of hydrogen-bond acceptors (Lipinski definition) is 5. The van der Waals surface area contributed by atoms with Crippen LogP contribution in [-0.4, -0.2) is 52.9 Å². The molecule has 2 rings (SSSR count). The lowest BCUT2D eigenvalue weighted by Gasteiger charge is -2.36. The first-order chi connectivity index (χ1) is 10.4. The van der Waals surface area contributed by atoms with E-state index in [1.807, 2.05) is 25.7 Å². The summed E-state index contributed by atoms with van der Waals surface area (Å²) in [5.41, 5.74) is 7.00. The molecule has 2 atom stereocenters. The van der Waals surface area contributed by atoms with Gasteiger partial charge in [0.15, 0.2) is 0 Å². The second-order valence-corrected chi connectivity index (χ2v) is 6.26. The van der Waals surface area contributed by atoms with E-state index in [9.17, 15) is 4.79 Å². The van der Waals surface area contributed by atoms with Crippen LogP contribution >= 0.6 is 12.4 Å².